The van der Waals surface area contributed by atoms with Crippen LogP contribution < -0.4 is 5.32 Å². The molecule has 1 aliphatic rings. The van der Waals surface area contributed by atoms with E-state index in [0.29, 0.717) is 31.6 Å². The molecule has 1 aliphatic carbocycles. The fourth-order valence-corrected chi connectivity index (χ4v) is 4.08. The fourth-order valence-electron chi connectivity index (χ4n) is 4.08. The van der Waals surface area contributed by atoms with E-state index in [1.807, 2.05) is 31.1 Å². The van der Waals surface area contributed by atoms with Crippen molar-refractivity contribution in [3.8, 4) is 5.75 Å². The van der Waals surface area contributed by atoms with Crippen LogP contribution in [0.2, 0.25) is 0 Å². The summed E-state index contributed by atoms with van der Waals surface area (Å²) in [7, 11) is 3.85. The van der Waals surface area contributed by atoms with Gasteiger partial charge in [-0.15, -0.1) is 0 Å². The number of amides is 1. The zero-order valence-corrected chi connectivity index (χ0v) is 18.2. The monoisotopic (exact) mass is 432 g/mol. The van der Waals surface area contributed by atoms with Crippen molar-refractivity contribution in [2.75, 3.05) is 20.6 Å². The number of benzene rings is 1. The van der Waals surface area contributed by atoms with E-state index < -0.39 is 17.3 Å². The third kappa shape index (κ3) is 5.55. The summed E-state index contributed by atoms with van der Waals surface area (Å²) >= 11 is 0. The van der Waals surface area contributed by atoms with Gasteiger partial charge < -0.3 is 15.3 Å². The number of carbonyl (C=O) groups excluding carboxylic acids is 1. The number of phenolic OH excluding ortho intramolecular Hbond substituents is 1. The number of rotatable bonds is 10. The van der Waals surface area contributed by atoms with Crippen molar-refractivity contribution < 1.29 is 18.7 Å². The molecule has 2 aromatic rings. The Kier molecular flexibility index (Phi) is 6.89. The zero-order valence-electron chi connectivity index (χ0n) is 18.2. The second-order valence-corrected chi connectivity index (χ2v) is 8.70. The Bertz CT molecular complexity index is 865. The van der Waals surface area contributed by atoms with Crippen molar-refractivity contribution in [2.24, 2.45) is 5.41 Å². The average molecular weight is 433 g/mol. The Hall–Kier alpha value is -2.61. The number of carbonyl (C=O) groups is 1. The topological polar surface area (TPSA) is 78.4 Å². The van der Waals surface area contributed by atoms with Gasteiger partial charge in [-0.2, -0.15) is 0 Å². The number of hydrogen-bond acceptors (Lipinski definition) is 5. The van der Waals surface area contributed by atoms with Crippen LogP contribution in [-0.4, -0.2) is 58.5 Å². The van der Waals surface area contributed by atoms with Gasteiger partial charge in [-0.25, -0.2) is 18.7 Å². The number of hydrogen-bond donors (Lipinski definition) is 2. The van der Waals surface area contributed by atoms with Crippen LogP contribution >= 0.6 is 0 Å². The fraction of sp³-hybridized carbons (Fsp3) is 0.522. The van der Waals surface area contributed by atoms with Gasteiger partial charge in [0.25, 0.3) is 5.92 Å². The normalized spacial score (nSPS) is 17.2. The number of halogens is 2. The number of aromatic nitrogens is 2. The summed E-state index contributed by atoms with van der Waals surface area (Å²) in [4.78, 5) is 23.2. The molecule has 1 heterocycles. The largest absolute Gasteiger partial charge is 0.508 e. The second-order valence-electron chi connectivity index (χ2n) is 8.70. The Morgan fingerprint density at radius 1 is 1.23 bits per heavy atom. The lowest BCUT2D eigenvalue weighted by molar-refractivity contribution is -0.124. The molecule has 1 amide bonds. The molecule has 1 fully saturated rings. The van der Waals surface area contributed by atoms with Crippen LogP contribution in [-0.2, 0) is 11.2 Å². The highest BCUT2D eigenvalue weighted by Crippen LogP contribution is 2.65. The summed E-state index contributed by atoms with van der Waals surface area (Å²) in [6.45, 7) is 1.30. The molecule has 3 rings (SSSR count). The third-order valence-corrected chi connectivity index (χ3v) is 6.29. The minimum atomic E-state index is -2.91. The third-order valence-electron chi connectivity index (χ3n) is 6.29. The first-order valence-electron chi connectivity index (χ1n) is 10.5. The van der Waals surface area contributed by atoms with E-state index in [1.54, 1.807) is 18.2 Å². The first-order valence-corrected chi connectivity index (χ1v) is 10.5. The molecule has 0 saturated heterocycles. The van der Waals surface area contributed by atoms with E-state index in [0.717, 1.165) is 12.5 Å². The highest BCUT2D eigenvalue weighted by molar-refractivity contribution is 5.77. The predicted molar refractivity (Wildman–Crippen MR) is 114 cm³/mol. The van der Waals surface area contributed by atoms with Gasteiger partial charge in [-0.1, -0.05) is 12.1 Å². The molecule has 6 nitrogen and oxygen atoms in total. The lowest BCUT2D eigenvalue weighted by Gasteiger charge is -2.31. The van der Waals surface area contributed by atoms with Crippen molar-refractivity contribution in [3.05, 3.63) is 54.1 Å². The van der Waals surface area contributed by atoms with Gasteiger partial charge in [0.1, 0.15) is 11.6 Å². The van der Waals surface area contributed by atoms with Crippen LogP contribution in [0.3, 0.4) is 0 Å². The zero-order chi connectivity index (χ0) is 22.6. The van der Waals surface area contributed by atoms with Gasteiger partial charge in [0.05, 0.1) is 0 Å². The molecule has 31 heavy (non-hydrogen) atoms. The molecule has 2 N–H and O–H groups in total. The molecule has 0 spiro atoms. The molecule has 1 saturated carbocycles. The van der Waals surface area contributed by atoms with Crippen LogP contribution in [0.1, 0.15) is 43.5 Å². The maximum Gasteiger partial charge on any atom is 0.251 e. The number of likely N-dealkylation sites (N-methyl/N-ethyl adjacent to an activating group) is 1. The summed E-state index contributed by atoms with van der Waals surface area (Å²) in [6, 6.07) is 8.60. The average Bonchev–Trinajstić information content (AvgIpc) is 3.53. The van der Waals surface area contributed by atoms with Gasteiger partial charge in [0.2, 0.25) is 5.91 Å². The van der Waals surface area contributed by atoms with E-state index in [4.69, 9.17) is 0 Å². The van der Waals surface area contributed by atoms with Crippen LogP contribution in [0.15, 0.2) is 42.7 Å². The van der Waals surface area contributed by atoms with Crippen molar-refractivity contribution in [3.63, 3.8) is 0 Å². The highest BCUT2D eigenvalue weighted by atomic mass is 19.3. The second kappa shape index (κ2) is 9.26. The van der Waals surface area contributed by atoms with Gasteiger partial charge in [-0.05, 0) is 64.0 Å². The van der Waals surface area contributed by atoms with E-state index in [9.17, 15) is 18.7 Å². The van der Waals surface area contributed by atoms with Gasteiger partial charge in [-0.3, -0.25) is 4.79 Å². The first-order chi connectivity index (χ1) is 14.6. The molecule has 0 bridgehead atoms. The lowest BCUT2D eigenvalue weighted by Crippen LogP contribution is -2.43. The maximum absolute atomic E-state index is 14.4. The molecule has 1 aromatic carbocycles. The molecular formula is C23H30F2N4O2. The van der Waals surface area contributed by atoms with Gasteiger partial charge >= 0.3 is 0 Å². The Labute approximate surface area is 181 Å². The Balaban J connectivity index is 1.67. The molecule has 0 radical (unpaired) electrons. The summed E-state index contributed by atoms with van der Waals surface area (Å²) in [5, 5.41) is 12.4. The molecule has 168 valence electrons. The van der Waals surface area contributed by atoms with Crippen LogP contribution in [0, 0.1) is 5.41 Å². The smallest absolute Gasteiger partial charge is 0.251 e. The first kappa shape index (κ1) is 23.1. The van der Waals surface area contributed by atoms with E-state index >= 15 is 0 Å². The SMILES string of the molecule is CN(C)[C@H](CNC(=O)CC(c1ncccn1)C1(C(C)(F)F)CC1)Cc1ccc(O)cc1. The predicted octanol–water partition coefficient (Wildman–Crippen LogP) is 3.38. The van der Waals surface area contributed by atoms with E-state index in [2.05, 4.69) is 15.3 Å². The summed E-state index contributed by atoms with van der Waals surface area (Å²) < 4.78 is 28.9. The molecule has 2 atom stereocenters. The van der Waals surface area contributed by atoms with Crippen molar-refractivity contribution >= 4 is 5.91 Å². The minimum absolute atomic E-state index is 0.0161. The van der Waals surface area contributed by atoms with Crippen molar-refractivity contribution in [1.82, 2.24) is 20.2 Å². The van der Waals surface area contributed by atoms with E-state index in [-0.39, 0.29) is 24.1 Å². The molecule has 0 aliphatic heterocycles. The number of alkyl halides is 2. The number of nitrogens with one attached hydrogen (secondary N) is 1. The number of nitrogens with zero attached hydrogens (tertiary/aromatic N) is 3. The van der Waals surface area contributed by atoms with Crippen molar-refractivity contribution in [1.29, 1.82) is 0 Å². The number of phenols is 1. The Morgan fingerprint density at radius 3 is 2.35 bits per heavy atom. The standard InChI is InChI=1S/C23H30F2N4O2/c1-22(24,25)23(9-10-23)19(21-26-11-4-12-27-21)14-20(31)28-15-17(29(2)3)13-16-5-7-18(30)8-6-16/h4-8,11-12,17,19,30H,9-10,13-15H2,1-3H3,(H,28,31)/t17-,19?/m0/s1. The summed E-state index contributed by atoms with van der Waals surface area (Å²) in [5.41, 5.74) is -0.234. The van der Waals surface area contributed by atoms with Crippen LogP contribution in [0.4, 0.5) is 8.78 Å². The number of aromatic hydroxyl groups is 1. The molecule has 8 heteroatoms. The van der Waals surface area contributed by atoms with E-state index in [1.165, 1.54) is 12.4 Å². The minimum Gasteiger partial charge on any atom is -0.508 e. The molecule has 1 unspecified atom stereocenters. The van der Waals surface area contributed by atoms with Gasteiger partial charge in [0.15, 0.2) is 0 Å². The molecular weight excluding hydrogens is 402 g/mol. The van der Waals surface area contributed by atoms with Crippen molar-refractivity contribution in [2.45, 2.75) is 50.5 Å². The Morgan fingerprint density at radius 2 is 1.84 bits per heavy atom. The summed E-state index contributed by atoms with van der Waals surface area (Å²) in [6.07, 6.45) is 4.36. The highest BCUT2D eigenvalue weighted by Gasteiger charge is 2.64. The summed E-state index contributed by atoms with van der Waals surface area (Å²) in [5.74, 6) is -3.43. The van der Waals surface area contributed by atoms with Crippen LogP contribution in [0.5, 0.6) is 5.75 Å². The van der Waals surface area contributed by atoms with Gasteiger partial charge in [0, 0.05) is 42.7 Å². The lowest BCUT2D eigenvalue weighted by atomic mass is 9.80. The maximum atomic E-state index is 14.4. The molecule has 1 aromatic heterocycles. The van der Waals surface area contributed by atoms with Crippen LogP contribution in [0.25, 0.3) is 0 Å². The quantitative estimate of drug-likeness (QED) is 0.602.